The fourth-order valence-corrected chi connectivity index (χ4v) is 4.24. The third-order valence-electron chi connectivity index (χ3n) is 5.92. The van der Waals surface area contributed by atoms with Gasteiger partial charge in [-0.3, -0.25) is 4.90 Å². The van der Waals surface area contributed by atoms with E-state index in [0.29, 0.717) is 12.5 Å². The van der Waals surface area contributed by atoms with Crippen molar-refractivity contribution >= 4 is 5.69 Å². The van der Waals surface area contributed by atoms with E-state index in [1.807, 2.05) is 0 Å². The van der Waals surface area contributed by atoms with Crippen LogP contribution in [0.2, 0.25) is 0 Å². The Balaban J connectivity index is 1.30. The van der Waals surface area contributed by atoms with Gasteiger partial charge in [0.25, 0.3) is 0 Å². The summed E-state index contributed by atoms with van der Waals surface area (Å²) in [5.41, 5.74) is 12.4. The van der Waals surface area contributed by atoms with Gasteiger partial charge in [0.15, 0.2) is 0 Å². The van der Waals surface area contributed by atoms with Gasteiger partial charge in [0.1, 0.15) is 0 Å². The number of benzene rings is 3. The second-order valence-electron chi connectivity index (χ2n) is 8.04. The molecule has 1 aliphatic heterocycles. The van der Waals surface area contributed by atoms with E-state index in [4.69, 9.17) is 5.73 Å². The molecule has 150 valence electrons. The first-order valence-electron chi connectivity index (χ1n) is 10.7. The Labute approximate surface area is 174 Å². The molecular weight excluding hydrogens is 354 g/mol. The average molecular weight is 386 g/mol. The molecular formula is C26H31N3. The molecule has 3 N–H and O–H groups in total. The molecule has 0 aromatic heterocycles. The first kappa shape index (κ1) is 19.7. The van der Waals surface area contributed by atoms with Crippen LogP contribution in [0.15, 0.2) is 78.9 Å². The van der Waals surface area contributed by atoms with E-state index >= 15 is 0 Å². The van der Waals surface area contributed by atoms with Crippen molar-refractivity contribution in [3.63, 3.8) is 0 Å². The summed E-state index contributed by atoms with van der Waals surface area (Å²) < 4.78 is 0. The Hall–Kier alpha value is -2.62. The smallest absolute Gasteiger partial charge is 0.0400 e. The van der Waals surface area contributed by atoms with Gasteiger partial charge in [0, 0.05) is 25.3 Å². The number of rotatable bonds is 7. The molecule has 3 heteroatoms. The Bertz CT molecular complexity index is 899. The minimum atomic E-state index is 0.626. The van der Waals surface area contributed by atoms with Crippen molar-refractivity contribution in [3.05, 3.63) is 101 Å². The van der Waals surface area contributed by atoms with Crippen LogP contribution in [0.25, 0.3) is 0 Å². The quantitative estimate of drug-likeness (QED) is 0.592. The number of likely N-dealkylation sites (tertiary alicyclic amines) is 1. The van der Waals surface area contributed by atoms with Crippen molar-refractivity contribution in [1.82, 2.24) is 4.90 Å². The molecule has 3 aromatic carbocycles. The molecule has 1 heterocycles. The van der Waals surface area contributed by atoms with Gasteiger partial charge in [-0.1, -0.05) is 66.7 Å². The average Bonchev–Trinajstić information content (AvgIpc) is 2.79. The minimum Gasteiger partial charge on any atom is -0.381 e. The molecule has 3 aromatic rings. The Morgan fingerprint density at radius 2 is 1.52 bits per heavy atom. The highest BCUT2D eigenvalue weighted by Gasteiger charge is 2.20. The molecule has 0 aliphatic carbocycles. The topological polar surface area (TPSA) is 41.3 Å². The van der Waals surface area contributed by atoms with Crippen LogP contribution < -0.4 is 11.1 Å². The maximum absolute atomic E-state index is 5.81. The summed E-state index contributed by atoms with van der Waals surface area (Å²) in [6.07, 6.45) is 2.44. The van der Waals surface area contributed by atoms with Gasteiger partial charge in [-0.15, -0.1) is 0 Å². The highest BCUT2D eigenvalue weighted by atomic mass is 15.1. The lowest BCUT2D eigenvalue weighted by molar-refractivity contribution is 0.204. The predicted octanol–water partition coefficient (Wildman–Crippen LogP) is 5.14. The number of nitrogens with one attached hydrogen (secondary N) is 1. The second-order valence-corrected chi connectivity index (χ2v) is 8.04. The van der Waals surface area contributed by atoms with Crippen molar-refractivity contribution in [2.24, 2.45) is 5.73 Å². The van der Waals surface area contributed by atoms with E-state index in [0.717, 1.165) is 26.2 Å². The molecule has 0 amide bonds. The number of anilines is 1. The Morgan fingerprint density at radius 1 is 0.793 bits per heavy atom. The Morgan fingerprint density at radius 3 is 2.31 bits per heavy atom. The molecule has 0 saturated carbocycles. The third kappa shape index (κ3) is 5.47. The maximum atomic E-state index is 5.81. The third-order valence-corrected chi connectivity index (χ3v) is 5.92. The second kappa shape index (κ2) is 9.73. The summed E-state index contributed by atoms with van der Waals surface area (Å²) in [6, 6.07) is 28.2. The van der Waals surface area contributed by atoms with Crippen molar-refractivity contribution in [2.45, 2.75) is 38.4 Å². The zero-order valence-electron chi connectivity index (χ0n) is 17.1. The van der Waals surface area contributed by atoms with E-state index in [9.17, 15) is 0 Å². The number of piperidine rings is 1. The van der Waals surface area contributed by atoms with Crippen LogP contribution in [0.1, 0.15) is 41.0 Å². The first-order valence-corrected chi connectivity index (χ1v) is 10.7. The lowest BCUT2D eigenvalue weighted by Crippen LogP contribution is -2.32. The zero-order valence-corrected chi connectivity index (χ0v) is 17.1. The van der Waals surface area contributed by atoms with Gasteiger partial charge in [-0.2, -0.15) is 0 Å². The first-order chi connectivity index (χ1) is 14.3. The van der Waals surface area contributed by atoms with Crippen LogP contribution in [-0.2, 0) is 19.6 Å². The van der Waals surface area contributed by atoms with E-state index in [2.05, 4.69) is 89.1 Å². The monoisotopic (exact) mass is 385 g/mol. The minimum absolute atomic E-state index is 0.626. The van der Waals surface area contributed by atoms with Gasteiger partial charge in [0.05, 0.1) is 0 Å². The number of hydrogen-bond acceptors (Lipinski definition) is 3. The molecule has 0 atom stereocenters. The Kier molecular flexibility index (Phi) is 6.60. The number of nitrogens with zero attached hydrogens (tertiary/aromatic N) is 1. The summed E-state index contributed by atoms with van der Waals surface area (Å²) in [7, 11) is 0. The molecule has 0 radical (unpaired) electrons. The van der Waals surface area contributed by atoms with Gasteiger partial charge < -0.3 is 11.1 Å². The lowest BCUT2D eigenvalue weighted by atomic mass is 9.88. The normalized spacial score (nSPS) is 15.3. The fraction of sp³-hybridized carbons (Fsp3) is 0.308. The summed E-state index contributed by atoms with van der Waals surface area (Å²) in [5, 5.41) is 3.55. The summed E-state index contributed by atoms with van der Waals surface area (Å²) in [4.78, 5) is 2.58. The summed E-state index contributed by atoms with van der Waals surface area (Å²) in [5.74, 6) is 0.664. The molecule has 0 bridgehead atoms. The van der Waals surface area contributed by atoms with Crippen LogP contribution >= 0.6 is 0 Å². The van der Waals surface area contributed by atoms with Gasteiger partial charge in [0.2, 0.25) is 0 Å². The van der Waals surface area contributed by atoms with Crippen LogP contribution in [0.4, 0.5) is 5.69 Å². The van der Waals surface area contributed by atoms with E-state index in [1.165, 1.54) is 40.8 Å². The SMILES string of the molecule is NCc1cccc(C2CCN(Cc3cccc(NCc4ccccc4)c3)CC2)c1. The van der Waals surface area contributed by atoms with Gasteiger partial charge in [-0.25, -0.2) is 0 Å². The van der Waals surface area contributed by atoms with Crippen LogP contribution in [0.3, 0.4) is 0 Å². The lowest BCUT2D eigenvalue weighted by Gasteiger charge is -2.32. The van der Waals surface area contributed by atoms with E-state index in [1.54, 1.807) is 0 Å². The van der Waals surface area contributed by atoms with Crippen LogP contribution in [-0.4, -0.2) is 18.0 Å². The van der Waals surface area contributed by atoms with Crippen molar-refractivity contribution in [2.75, 3.05) is 18.4 Å². The van der Waals surface area contributed by atoms with Crippen molar-refractivity contribution < 1.29 is 0 Å². The molecule has 4 rings (SSSR count). The largest absolute Gasteiger partial charge is 0.381 e. The van der Waals surface area contributed by atoms with Gasteiger partial charge >= 0.3 is 0 Å². The van der Waals surface area contributed by atoms with Crippen molar-refractivity contribution in [3.8, 4) is 0 Å². The molecule has 0 spiro atoms. The molecule has 29 heavy (non-hydrogen) atoms. The van der Waals surface area contributed by atoms with E-state index in [-0.39, 0.29) is 0 Å². The fourth-order valence-electron chi connectivity index (χ4n) is 4.24. The molecule has 1 saturated heterocycles. The molecule has 3 nitrogen and oxygen atoms in total. The van der Waals surface area contributed by atoms with Crippen LogP contribution in [0.5, 0.6) is 0 Å². The van der Waals surface area contributed by atoms with E-state index < -0.39 is 0 Å². The summed E-state index contributed by atoms with van der Waals surface area (Å²) >= 11 is 0. The standard InChI is InChI=1S/C26H31N3/c27-18-22-8-4-10-25(16-22)24-12-14-29(15-13-24)20-23-9-5-11-26(17-23)28-19-21-6-2-1-3-7-21/h1-11,16-17,24,28H,12-15,18-20,27H2. The molecule has 0 unspecified atom stereocenters. The van der Waals surface area contributed by atoms with Crippen molar-refractivity contribution in [1.29, 1.82) is 0 Å². The summed E-state index contributed by atoms with van der Waals surface area (Å²) in [6.45, 7) is 4.81. The zero-order chi connectivity index (χ0) is 19.9. The molecule has 1 aliphatic rings. The van der Waals surface area contributed by atoms with Gasteiger partial charge in [-0.05, 0) is 66.2 Å². The van der Waals surface area contributed by atoms with Crippen LogP contribution in [0, 0.1) is 0 Å². The highest BCUT2D eigenvalue weighted by molar-refractivity contribution is 5.46. The highest BCUT2D eigenvalue weighted by Crippen LogP contribution is 2.29. The predicted molar refractivity (Wildman–Crippen MR) is 122 cm³/mol. The maximum Gasteiger partial charge on any atom is 0.0400 e. The number of nitrogens with two attached hydrogens (primary N) is 1. The number of hydrogen-bond donors (Lipinski definition) is 2. The molecule has 1 fully saturated rings.